The van der Waals surface area contributed by atoms with Crippen LogP contribution >= 0.6 is 23.4 Å². The Balaban J connectivity index is 1.21. The Morgan fingerprint density at radius 3 is 2.84 bits per heavy atom. The molecule has 0 saturated carbocycles. The molecule has 1 fully saturated rings. The maximum Gasteiger partial charge on any atom is 0.338 e. The number of aromatic amines is 1. The van der Waals surface area contributed by atoms with Crippen molar-refractivity contribution in [1.29, 1.82) is 0 Å². The van der Waals surface area contributed by atoms with Gasteiger partial charge < -0.3 is 19.9 Å². The van der Waals surface area contributed by atoms with Crippen molar-refractivity contribution in [3.63, 3.8) is 0 Å². The highest BCUT2D eigenvalue weighted by Gasteiger charge is 2.19. The van der Waals surface area contributed by atoms with Crippen molar-refractivity contribution in [2.24, 2.45) is 5.92 Å². The number of esters is 1. The third-order valence-corrected chi connectivity index (χ3v) is 8.81. The monoisotopic (exact) mass is 616 g/mol. The molecule has 0 radical (unpaired) electrons. The first-order chi connectivity index (χ1) is 20.9. The predicted octanol–water partition coefficient (Wildman–Crippen LogP) is 7.35. The molecule has 1 aliphatic rings. The summed E-state index contributed by atoms with van der Waals surface area (Å²) in [5, 5.41) is 14.2. The van der Waals surface area contributed by atoms with Crippen LogP contribution in [0.2, 0.25) is 5.02 Å². The molecule has 6 rings (SSSR count). The molecule has 2 aromatic carbocycles. The number of fused-ring (bicyclic) bond motifs is 1. The van der Waals surface area contributed by atoms with E-state index < -0.39 is 5.82 Å². The van der Waals surface area contributed by atoms with Crippen LogP contribution in [0.3, 0.4) is 0 Å². The fraction of sp³-hybridized carbons (Fsp3) is 0.250. The molecule has 1 saturated heterocycles. The molecular weight excluding hydrogens is 587 g/mol. The number of ether oxygens (including phenoxy) is 1. The summed E-state index contributed by atoms with van der Waals surface area (Å²) in [6, 6.07) is 17.4. The highest BCUT2D eigenvalue weighted by atomic mass is 35.5. The summed E-state index contributed by atoms with van der Waals surface area (Å²) in [7, 11) is 2.11. The Morgan fingerprint density at radius 1 is 1.12 bits per heavy atom. The smallest absolute Gasteiger partial charge is 0.338 e. The van der Waals surface area contributed by atoms with E-state index >= 15 is 0 Å². The van der Waals surface area contributed by atoms with E-state index in [1.165, 1.54) is 30.0 Å². The van der Waals surface area contributed by atoms with Gasteiger partial charge in [-0.05, 0) is 93.0 Å². The molecule has 0 bridgehead atoms. The van der Waals surface area contributed by atoms with Gasteiger partial charge in [-0.2, -0.15) is 0 Å². The molecule has 43 heavy (non-hydrogen) atoms. The van der Waals surface area contributed by atoms with Gasteiger partial charge in [-0.3, -0.25) is 0 Å². The first-order valence-electron chi connectivity index (χ1n) is 14.0. The maximum absolute atomic E-state index is 14.7. The molecule has 0 aliphatic carbocycles. The van der Waals surface area contributed by atoms with Crippen LogP contribution in [0.25, 0.3) is 22.3 Å². The first-order valence-corrected chi connectivity index (χ1v) is 15.4. The number of H-pyrrole nitrogens is 1. The fourth-order valence-electron chi connectivity index (χ4n) is 5.06. The quantitative estimate of drug-likeness (QED) is 0.131. The Labute approximate surface area is 258 Å². The van der Waals surface area contributed by atoms with E-state index in [4.69, 9.17) is 16.3 Å². The van der Waals surface area contributed by atoms with E-state index in [9.17, 15) is 9.18 Å². The lowest BCUT2D eigenvalue weighted by Crippen LogP contribution is -2.32. The van der Waals surface area contributed by atoms with Gasteiger partial charge in [0.2, 0.25) is 0 Å². The van der Waals surface area contributed by atoms with Crippen molar-refractivity contribution >= 4 is 51.7 Å². The molecule has 0 atom stereocenters. The summed E-state index contributed by atoms with van der Waals surface area (Å²) in [6.45, 7) is 2.50. The van der Waals surface area contributed by atoms with Crippen molar-refractivity contribution in [2.45, 2.75) is 23.6 Å². The number of nitrogens with zero attached hydrogens (tertiary/aromatic N) is 4. The summed E-state index contributed by atoms with van der Waals surface area (Å²) in [5.41, 5.74) is 4.27. The topological polar surface area (TPSA) is 96.0 Å². The number of anilines is 2. The van der Waals surface area contributed by atoms with Crippen LogP contribution in [0.5, 0.6) is 0 Å². The van der Waals surface area contributed by atoms with Crippen molar-refractivity contribution in [3.05, 3.63) is 95.0 Å². The minimum atomic E-state index is -0.443. The summed E-state index contributed by atoms with van der Waals surface area (Å²) < 4.78 is 20.4. The second kappa shape index (κ2) is 13.1. The number of carbonyl (C=O) groups is 1. The lowest BCUT2D eigenvalue weighted by Gasteiger charge is -2.28. The first kappa shape index (κ1) is 29.1. The van der Waals surface area contributed by atoms with Gasteiger partial charge in [0.05, 0.1) is 29.2 Å². The molecule has 1 aliphatic heterocycles. The summed E-state index contributed by atoms with van der Waals surface area (Å²) in [5.74, 6) is 0.176. The maximum atomic E-state index is 14.7. The number of nitrogens with one attached hydrogen (secondary N) is 2. The zero-order chi connectivity index (χ0) is 29.8. The van der Waals surface area contributed by atoms with Crippen molar-refractivity contribution < 1.29 is 13.9 Å². The third kappa shape index (κ3) is 6.98. The van der Waals surface area contributed by atoms with E-state index in [0.717, 1.165) is 48.2 Å². The second-order valence-corrected chi connectivity index (χ2v) is 12.0. The normalized spacial score (nSPS) is 14.2. The molecule has 5 aromatic rings. The second-order valence-electron chi connectivity index (χ2n) is 10.6. The van der Waals surface area contributed by atoms with E-state index in [2.05, 4.69) is 37.4 Å². The standard InChI is InChI=1S/C32H30ClFN6O2S/c1-40-13-9-20(10-14-40)18-42-32(41)22-4-2-3-21(15-22)19-43-31-29(37-27-8-12-36-30-24(27)7-11-35-30)17-28(38-39-31)25-16-23(33)5-6-26(25)34/h2-8,11-12,15-17,20H,9-10,13-14,18-19H2,1H3,(H2,35,36,37,38). The van der Waals surface area contributed by atoms with E-state index in [1.807, 2.05) is 36.5 Å². The number of pyridine rings is 1. The molecular formula is C32H30ClFN6O2S. The Hall–Kier alpha value is -3.99. The number of halogens is 2. The van der Waals surface area contributed by atoms with E-state index in [-0.39, 0.29) is 11.5 Å². The Morgan fingerprint density at radius 2 is 1.98 bits per heavy atom. The van der Waals surface area contributed by atoms with Gasteiger partial charge in [-0.1, -0.05) is 35.5 Å². The summed E-state index contributed by atoms with van der Waals surface area (Å²) >= 11 is 7.62. The molecule has 0 unspecified atom stereocenters. The van der Waals surface area contributed by atoms with Crippen LogP contribution < -0.4 is 5.32 Å². The molecule has 0 spiro atoms. The van der Waals surface area contributed by atoms with Gasteiger partial charge >= 0.3 is 5.97 Å². The number of hydrogen-bond donors (Lipinski definition) is 2. The fourth-order valence-corrected chi connectivity index (χ4v) is 6.08. The lowest BCUT2D eigenvalue weighted by molar-refractivity contribution is 0.0384. The van der Waals surface area contributed by atoms with Crippen LogP contribution in [0.1, 0.15) is 28.8 Å². The highest BCUT2D eigenvalue weighted by molar-refractivity contribution is 7.98. The van der Waals surface area contributed by atoms with Crippen molar-refractivity contribution in [3.8, 4) is 11.3 Å². The van der Waals surface area contributed by atoms with Crippen LogP contribution in [0, 0.1) is 11.7 Å². The zero-order valence-electron chi connectivity index (χ0n) is 23.5. The molecule has 4 heterocycles. The van der Waals surface area contributed by atoms with Gasteiger partial charge in [-0.15, -0.1) is 10.2 Å². The van der Waals surface area contributed by atoms with Gasteiger partial charge in [-0.25, -0.2) is 14.2 Å². The SMILES string of the molecule is CN1CCC(COC(=O)c2cccc(CSc3nnc(-c4cc(Cl)ccc4F)cc3Nc3ccnc4[nH]ccc34)c2)CC1. The number of rotatable bonds is 9. The average Bonchev–Trinajstić information content (AvgIpc) is 3.51. The van der Waals surface area contributed by atoms with Crippen LogP contribution in [-0.4, -0.2) is 57.8 Å². The highest BCUT2D eigenvalue weighted by Crippen LogP contribution is 2.35. The average molecular weight is 617 g/mol. The molecule has 3 aromatic heterocycles. The summed E-state index contributed by atoms with van der Waals surface area (Å²) in [6.07, 6.45) is 5.60. The van der Waals surface area contributed by atoms with Crippen LogP contribution in [0.4, 0.5) is 15.8 Å². The lowest BCUT2D eigenvalue weighted by atomic mass is 9.98. The van der Waals surface area contributed by atoms with E-state index in [0.29, 0.717) is 45.3 Å². The van der Waals surface area contributed by atoms with Gasteiger partial charge in [0.1, 0.15) is 16.5 Å². The van der Waals surface area contributed by atoms with Crippen LogP contribution in [-0.2, 0) is 10.5 Å². The number of hydrogen-bond acceptors (Lipinski definition) is 8. The van der Waals surface area contributed by atoms with Gasteiger partial charge in [0, 0.05) is 34.1 Å². The number of aromatic nitrogens is 4. The van der Waals surface area contributed by atoms with Crippen molar-refractivity contribution in [2.75, 3.05) is 32.1 Å². The van der Waals surface area contributed by atoms with Crippen molar-refractivity contribution in [1.82, 2.24) is 25.1 Å². The molecule has 0 amide bonds. The Kier molecular flexibility index (Phi) is 8.87. The van der Waals surface area contributed by atoms with Crippen LogP contribution in [0.15, 0.2) is 78.1 Å². The number of benzene rings is 2. The number of thioether (sulfide) groups is 1. The largest absolute Gasteiger partial charge is 0.462 e. The molecule has 2 N–H and O–H groups in total. The zero-order valence-corrected chi connectivity index (χ0v) is 25.1. The number of likely N-dealkylation sites (tertiary alicyclic amines) is 1. The van der Waals surface area contributed by atoms with E-state index in [1.54, 1.807) is 18.3 Å². The molecule has 220 valence electrons. The number of carbonyl (C=O) groups excluding carboxylic acids is 1. The number of piperidine rings is 1. The third-order valence-electron chi connectivity index (χ3n) is 7.52. The predicted molar refractivity (Wildman–Crippen MR) is 168 cm³/mol. The summed E-state index contributed by atoms with van der Waals surface area (Å²) in [4.78, 5) is 22.6. The molecule has 11 heteroatoms. The molecule has 8 nitrogen and oxygen atoms in total. The minimum absolute atomic E-state index is 0.257. The van der Waals surface area contributed by atoms with Gasteiger partial charge in [0.15, 0.2) is 0 Å². The minimum Gasteiger partial charge on any atom is -0.462 e. The Bertz CT molecular complexity index is 1760. The van der Waals surface area contributed by atoms with Gasteiger partial charge in [0.25, 0.3) is 0 Å².